The van der Waals surface area contributed by atoms with E-state index in [0.717, 1.165) is 19.3 Å². The van der Waals surface area contributed by atoms with Gasteiger partial charge in [0.2, 0.25) is 5.91 Å². The lowest BCUT2D eigenvalue weighted by molar-refractivity contribution is -0.116. The first kappa shape index (κ1) is 24.6. The molecule has 180 valence electrons. The van der Waals surface area contributed by atoms with Gasteiger partial charge in [0.15, 0.2) is 11.7 Å². The van der Waals surface area contributed by atoms with Crippen molar-refractivity contribution in [1.29, 1.82) is 0 Å². The van der Waals surface area contributed by atoms with Gasteiger partial charge in [-0.15, -0.1) is 10.2 Å². The molecule has 2 aromatic heterocycles. The minimum absolute atomic E-state index is 0.0888. The first-order valence-electron chi connectivity index (χ1n) is 11.1. The number of pyridine rings is 2. The second kappa shape index (κ2) is 11.7. The maximum absolute atomic E-state index is 12.2. The fraction of sp³-hybridized carbons (Fsp3) is 0.391. The summed E-state index contributed by atoms with van der Waals surface area (Å²) in [5, 5.41) is 13.8. The summed E-state index contributed by atoms with van der Waals surface area (Å²) in [6.45, 7) is 5.98. The smallest absolute Gasteiger partial charge is 0.407 e. The molecule has 34 heavy (non-hydrogen) atoms. The van der Waals surface area contributed by atoms with Gasteiger partial charge in [-0.3, -0.25) is 25.6 Å². The number of nitrogens with one attached hydrogen (secondary N) is 4. The van der Waals surface area contributed by atoms with Crippen LogP contribution in [0, 0.1) is 0 Å². The van der Waals surface area contributed by atoms with Crippen molar-refractivity contribution in [2.45, 2.75) is 52.1 Å². The number of carbonyl (C=O) groups is 2. The lowest BCUT2D eigenvalue weighted by Crippen LogP contribution is -2.45. The highest BCUT2D eigenvalue weighted by molar-refractivity contribution is 6.04. The van der Waals surface area contributed by atoms with E-state index in [1.807, 2.05) is 39.0 Å². The van der Waals surface area contributed by atoms with Crippen LogP contribution in [-0.2, 0) is 9.53 Å². The highest BCUT2D eigenvalue weighted by atomic mass is 16.6. The van der Waals surface area contributed by atoms with Crippen LogP contribution in [-0.4, -0.2) is 45.8 Å². The summed E-state index contributed by atoms with van der Waals surface area (Å²) in [5.74, 6) is 0.875. The van der Waals surface area contributed by atoms with Gasteiger partial charge in [-0.1, -0.05) is 12.5 Å². The van der Waals surface area contributed by atoms with Crippen molar-refractivity contribution in [3.05, 3.63) is 54.1 Å². The van der Waals surface area contributed by atoms with Gasteiger partial charge in [0.05, 0.1) is 11.9 Å². The topological polar surface area (TPSA) is 142 Å². The van der Waals surface area contributed by atoms with Crippen LogP contribution in [0.2, 0.25) is 0 Å². The zero-order valence-electron chi connectivity index (χ0n) is 19.6. The summed E-state index contributed by atoms with van der Waals surface area (Å²) in [5.41, 5.74) is 7.24. The van der Waals surface area contributed by atoms with E-state index in [1.54, 1.807) is 24.5 Å². The van der Waals surface area contributed by atoms with E-state index in [2.05, 4.69) is 41.7 Å². The molecule has 3 heterocycles. The average molecular weight is 467 g/mol. The number of hydrogen-bond acceptors (Lipinski definition) is 9. The molecule has 0 atom stereocenters. The van der Waals surface area contributed by atoms with E-state index in [-0.39, 0.29) is 5.91 Å². The molecule has 11 heteroatoms. The number of alkyl carbamates (subject to hydrolysis) is 1. The maximum Gasteiger partial charge on any atom is 0.407 e. The third-order valence-corrected chi connectivity index (χ3v) is 4.50. The molecule has 0 spiro atoms. The quantitative estimate of drug-likeness (QED) is 0.416. The molecule has 1 aliphatic heterocycles. The molecule has 2 aromatic rings. The Kier molecular flexibility index (Phi) is 8.49. The maximum atomic E-state index is 12.2. The van der Waals surface area contributed by atoms with Crippen molar-refractivity contribution in [3.8, 4) is 0 Å². The standard InChI is InChI=1S/C23H30N8O3/c1-23(2,3)34-22(33)25-14-7-4-5-10-19(32)27-16-11-12-18(26-15-16)21-30-28-20(29-31-21)17-9-6-8-13-24-17/h6,8-9,11-13,15H,4-5,7,10,14H2,1-3H3,(H,25,33)(H,27,32)(H,28,29)(H,30,31). The fourth-order valence-electron chi connectivity index (χ4n) is 2.93. The van der Waals surface area contributed by atoms with Gasteiger partial charge in [-0.2, -0.15) is 0 Å². The largest absolute Gasteiger partial charge is 0.444 e. The number of hydrogen-bond donors (Lipinski definition) is 4. The van der Waals surface area contributed by atoms with Crippen LogP contribution >= 0.6 is 0 Å². The van der Waals surface area contributed by atoms with Crippen LogP contribution in [0.1, 0.15) is 57.8 Å². The summed E-state index contributed by atoms with van der Waals surface area (Å²) >= 11 is 0. The monoisotopic (exact) mass is 466 g/mol. The van der Waals surface area contributed by atoms with Crippen LogP contribution in [0.3, 0.4) is 0 Å². The number of nitrogens with zero attached hydrogens (tertiary/aromatic N) is 4. The second-order valence-corrected chi connectivity index (χ2v) is 8.58. The molecule has 4 N–H and O–H groups in total. The zero-order valence-corrected chi connectivity index (χ0v) is 19.6. The Bertz CT molecular complexity index is 1030. The van der Waals surface area contributed by atoms with Crippen molar-refractivity contribution in [1.82, 2.24) is 26.1 Å². The molecule has 0 aliphatic carbocycles. The number of hydrazine groups is 1. The Balaban J connectivity index is 1.37. The highest BCUT2D eigenvalue weighted by Crippen LogP contribution is 2.10. The van der Waals surface area contributed by atoms with E-state index >= 15 is 0 Å². The van der Waals surface area contributed by atoms with Crippen LogP contribution in [0.5, 0.6) is 0 Å². The predicted molar refractivity (Wildman–Crippen MR) is 129 cm³/mol. The van der Waals surface area contributed by atoms with Crippen molar-refractivity contribution >= 4 is 29.4 Å². The molecular formula is C23H30N8O3. The molecule has 11 nitrogen and oxygen atoms in total. The lowest BCUT2D eigenvalue weighted by Gasteiger charge is -2.19. The molecule has 0 radical (unpaired) electrons. The Morgan fingerprint density at radius 2 is 1.68 bits per heavy atom. The minimum Gasteiger partial charge on any atom is -0.444 e. The van der Waals surface area contributed by atoms with Gasteiger partial charge in [0.1, 0.15) is 17.0 Å². The van der Waals surface area contributed by atoms with Gasteiger partial charge in [-0.05, 0) is 57.9 Å². The third-order valence-electron chi connectivity index (χ3n) is 4.50. The van der Waals surface area contributed by atoms with E-state index in [9.17, 15) is 9.59 Å². The van der Waals surface area contributed by atoms with Crippen LogP contribution in [0.15, 0.2) is 52.9 Å². The average Bonchev–Trinajstić information content (AvgIpc) is 2.81. The number of ether oxygens (including phenoxy) is 1. The molecule has 1 aliphatic rings. The van der Waals surface area contributed by atoms with E-state index in [0.29, 0.717) is 41.7 Å². The highest BCUT2D eigenvalue weighted by Gasteiger charge is 2.16. The molecule has 2 amide bonds. The van der Waals surface area contributed by atoms with Gasteiger partial charge in [-0.25, -0.2) is 4.79 Å². The Morgan fingerprint density at radius 1 is 0.941 bits per heavy atom. The molecular weight excluding hydrogens is 436 g/mol. The summed E-state index contributed by atoms with van der Waals surface area (Å²) in [7, 11) is 0. The van der Waals surface area contributed by atoms with E-state index in [1.165, 1.54) is 0 Å². The van der Waals surface area contributed by atoms with Crippen molar-refractivity contribution in [3.63, 3.8) is 0 Å². The number of rotatable bonds is 9. The predicted octanol–water partition coefficient (Wildman–Crippen LogP) is 2.72. The number of amidine groups is 2. The first-order chi connectivity index (χ1) is 16.3. The van der Waals surface area contributed by atoms with Crippen molar-refractivity contribution in [2.75, 3.05) is 11.9 Å². The van der Waals surface area contributed by atoms with E-state index in [4.69, 9.17) is 4.74 Å². The molecule has 0 saturated carbocycles. The molecule has 0 aromatic carbocycles. The number of aromatic nitrogens is 2. The van der Waals surface area contributed by atoms with E-state index < -0.39 is 11.7 Å². The summed E-state index contributed by atoms with van der Waals surface area (Å²) < 4.78 is 5.18. The Labute approximate surface area is 198 Å². The van der Waals surface area contributed by atoms with Gasteiger partial charge in [0, 0.05) is 19.2 Å². The number of anilines is 1. The lowest BCUT2D eigenvalue weighted by atomic mass is 10.2. The number of unbranched alkanes of at least 4 members (excludes halogenated alkanes) is 2. The SMILES string of the molecule is CC(C)(C)OC(=O)NCCCCCC(=O)Nc1ccc(C2=NN=C(c3ccccn3)NN2)nc1. The molecule has 3 rings (SSSR count). The van der Waals surface area contributed by atoms with Gasteiger partial charge < -0.3 is 15.4 Å². The Morgan fingerprint density at radius 3 is 2.26 bits per heavy atom. The second-order valence-electron chi connectivity index (χ2n) is 8.58. The van der Waals surface area contributed by atoms with Crippen molar-refractivity contribution in [2.24, 2.45) is 10.2 Å². The van der Waals surface area contributed by atoms with Crippen LogP contribution in [0.25, 0.3) is 0 Å². The van der Waals surface area contributed by atoms with Crippen LogP contribution < -0.4 is 21.5 Å². The number of carbonyl (C=O) groups excluding carboxylic acids is 2. The minimum atomic E-state index is -0.510. The van der Waals surface area contributed by atoms with Crippen molar-refractivity contribution < 1.29 is 14.3 Å². The molecule has 0 unspecified atom stereocenters. The normalized spacial score (nSPS) is 13.0. The molecule has 0 bridgehead atoms. The zero-order chi connectivity index (χ0) is 24.4. The fourth-order valence-corrected chi connectivity index (χ4v) is 2.93. The summed E-state index contributed by atoms with van der Waals surface area (Å²) in [6, 6.07) is 9.01. The molecule has 0 fully saturated rings. The van der Waals surface area contributed by atoms with Gasteiger partial charge in [0.25, 0.3) is 0 Å². The summed E-state index contributed by atoms with van der Waals surface area (Å²) in [4.78, 5) is 32.3. The molecule has 0 saturated heterocycles. The third kappa shape index (κ3) is 8.15. The summed E-state index contributed by atoms with van der Waals surface area (Å²) in [6.07, 6.45) is 5.52. The first-order valence-corrected chi connectivity index (χ1v) is 11.1. The number of amides is 2. The van der Waals surface area contributed by atoms with Gasteiger partial charge >= 0.3 is 6.09 Å². The van der Waals surface area contributed by atoms with Crippen LogP contribution in [0.4, 0.5) is 10.5 Å². The Hall–Kier alpha value is -4.02.